The van der Waals surface area contributed by atoms with Gasteiger partial charge in [-0.25, -0.2) is 0 Å². The van der Waals surface area contributed by atoms with Crippen LogP contribution in [0.25, 0.3) is 10.7 Å². The molecule has 2 rings (SSSR count). The lowest BCUT2D eigenvalue weighted by atomic mass is 10.4. The maximum absolute atomic E-state index is 12.4. The molecule has 0 aliphatic heterocycles. The maximum Gasteiger partial charge on any atom is 0.289 e. The van der Waals surface area contributed by atoms with Gasteiger partial charge in [-0.05, 0) is 12.1 Å². The van der Waals surface area contributed by atoms with Crippen LogP contribution in [0.4, 0.5) is 4.39 Å². The van der Waals surface area contributed by atoms with Crippen LogP contribution in [-0.4, -0.2) is 15.2 Å². The molecule has 0 unspecified atom stereocenters. The molecule has 0 radical (unpaired) electrons. The standard InChI is InChI=1S/C7H4FN3S/c8-7-11-10-6(12-7)5-3-1-2-4-9-5/h1-4H. The van der Waals surface area contributed by atoms with Gasteiger partial charge in [0.05, 0.1) is 0 Å². The van der Waals surface area contributed by atoms with E-state index in [9.17, 15) is 4.39 Å². The van der Waals surface area contributed by atoms with Crippen molar-refractivity contribution < 1.29 is 4.39 Å². The molecule has 0 saturated heterocycles. The van der Waals surface area contributed by atoms with Crippen molar-refractivity contribution in [2.24, 2.45) is 0 Å². The number of halogens is 1. The van der Waals surface area contributed by atoms with Crippen LogP contribution in [0.5, 0.6) is 0 Å². The fraction of sp³-hybridized carbons (Fsp3) is 0. The van der Waals surface area contributed by atoms with E-state index in [-0.39, 0.29) is 0 Å². The molecule has 0 aromatic carbocycles. The number of hydrogen-bond acceptors (Lipinski definition) is 4. The molecule has 0 amide bonds. The van der Waals surface area contributed by atoms with Gasteiger partial charge in [0, 0.05) is 6.20 Å². The number of nitrogens with zero attached hydrogens (tertiary/aromatic N) is 3. The molecule has 0 N–H and O–H groups in total. The highest BCUT2D eigenvalue weighted by molar-refractivity contribution is 7.13. The van der Waals surface area contributed by atoms with Gasteiger partial charge in [-0.3, -0.25) is 4.98 Å². The first kappa shape index (κ1) is 7.30. The topological polar surface area (TPSA) is 38.7 Å². The van der Waals surface area contributed by atoms with Crippen LogP contribution in [0.15, 0.2) is 24.4 Å². The van der Waals surface area contributed by atoms with Crippen molar-refractivity contribution in [3.05, 3.63) is 29.7 Å². The second-order valence-corrected chi connectivity index (χ2v) is 3.00. The van der Waals surface area contributed by atoms with Crippen molar-refractivity contribution in [3.8, 4) is 10.7 Å². The van der Waals surface area contributed by atoms with E-state index in [2.05, 4.69) is 15.2 Å². The van der Waals surface area contributed by atoms with Gasteiger partial charge < -0.3 is 0 Å². The van der Waals surface area contributed by atoms with Crippen LogP contribution in [0, 0.1) is 5.26 Å². The van der Waals surface area contributed by atoms with E-state index in [0.717, 1.165) is 11.3 Å². The van der Waals surface area contributed by atoms with Gasteiger partial charge >= 0.3 is 0 Å². The van der Waals surface area contributed by atoms with Crippen molar-refractivity contribution in [3.63, 3.8) is 0 Å². The Hall–Kier alpha value is -1.36. The summed E-state index contributed by atoms with van der Waals surface area (Å²) in [6.45, 7) is 0. The molecule has 0 spiro atoms. The van der Waals surface area contributed by atoms with Gasteiger partial charge in [-0.1, -0.05) is 17.4 Å². The Bertz CT molecular complexity index is 373. The third-order valence-electron chi connectivity index (χ3n) is 1.28. The zero-order valence-electron chi connectivity index (χ0n) is 5.94. The summed E-state index contributed by atoms with van der Waals surface area (Å²) in [5, 5.41) is 6.85. The highest BCUT2D eigenvalue weighted by atomic mass is 32.1. The van der Waals surface area contributed by atoms with Gasteiger partial charge in [0.15, 0.2) is 5.01 Å². The Kier molecular flexibility index (Phi) is 1.79. The van der Waals surface area contributed by atoms with Crippen molar-refractivity contribution >= 4 is 11.3 Å². The normalized spacial score (nSPS) is 10.1. The van der Waals surface area contributed by atoms with Crippen LogP contribution >= 0.6 is 11.3 Å². The Labute approximate surface area is 71.9 Å². The van der Waals surface area contributed by atoms with Gasteiger partial charge in [-0.2, -0.15) is 4.39 Å². The molecule has 60 valence electrons. The van der Waals surface area contributed by atoms with Crippen molar-refractivity contribution in [1.82, 2.24) is 15.2 Å². The molecule has 0 saturated carbocycles. The quantitative estimate of drug-likeness (QED) is 0.672. The fourth-order valence-electron chi connectivity index (χ4n) is 0.798. The SMILES string of the molecule is Fc1nnc(-c2ccccn2)s1. The van der Waals surface area contributed by atoms with E-state index in [1.54, 1.807) is 18.3 Å². The average Bonchev–Trinajstić information content (AvgIpc) is 2.54. The molecule has 5 heteroatoms. The zero-order chi connectivity index (χ0) is 8.39. The molecule has 12 heavy (non-hydrogen) atoms. The number of hydrogen-bond donors (Lipinski definition) is 0. The first-order valence-electron chi connectivity index (χ1n) is 3.26. The molecule has 2 aromatic heterocycles. The zero-order valence-corrected chi connectivity index (χ0v) is 6.75. The summed E-state index contributed by atoms with van der Waals surface area (Å²) >= 11 is 0.889. The Morgan fingerprint density at radius 2 is 2.17 bits per heavy atom. The van der Waals surface area contributed by atoms with Gasteiger partial charge in [-0.15, -0.1) is 10.2 Å². The molecule has 0 atom stereocenters. The van der Waals surface area contributed by atoms with Crippen LogP contribution < -0.4 is 0 Å². The van der Waals surface area contributed by atoms with Crippen molar-refractivity contribution in [1.29, 1.82) is 0 Å². The van der Waals surface area contributed by atoms with Crippen LogP contribution in [0.2, 0.25) is 0 Å². The summed E-state index contributed by atoms with van der Waals surface area (Å²) < 4.78 is 12.4. The number of rotatable bonds is 1. The molecule has 0 fully saturated rings. The van der Waals surface area contributed by atoms with Gasteiger partial charge in [0.2, 0.25) is 0 Å². The molecule has 0 bridgehead atoms. The van der Waals surface area contributed by atoms with Crippen LogP contribution in [-0.2, 0) is 0 Å². The van der Waals surface area contributed by atoms with E-state index in [4.69, 9.17) is 0 Å². The second kappa shape index (κ2) is 2.94. The minimum absolute atomic E-state index is 0.508. The summed E-state index contributed by atoms with van der Waals surface area (Å²) in [4.78, 5) is 4.00. The molecule has 2 heterocycles. The predicted octanol–water partition coefficient (Wildman–Crippen LogP) is 1.74. The van der Waals surface area contributed by atoms with E-state index < -0.39 is 5.26 Å². The van der Waals surface area contributed by atoms with E-state index >= 15 is 0 Å². The monoisotopic (exact) mass is 181 g/mol. The lowest BCUT2D eigenvalue weighted by molar-refractivity contribution is 0.601. The lowest BCUT2D eigenvalue weighted by Crippen LogP contribution is -1.79. The van der Waals surface area contributed by atoms with Crippen molar-refractivity contribution in [2.45, 2.75) is 0 Å². The van der Waals surface area contributed by atoms with E-state index in [0.29, 0.717) is 10.7 Å². The first-order chi connectivity index (χ1) is 5.86. The molecule has 0 aliphatic carbocycles. The highest BCUT2D eigenvalue weighted by Gasteiger charge is 2.05. The van der Waals surface area contributed by atoms with Gasteiger partial charge in [0.1, 0.15) is 5.69 Å². The highest BCUT2D eigenvalue weighted by Crippen LogP contribution is 2.19. The number of pyridine rings is 1. The largest absolute Gasteiger partial charge is 0.289 e. The summed E-state index contributed by atoms with van der Waals surface area (Å²) in [7, 11) is 0. The molecule has 3 nitrogen and oxygen atoms in total. The molecular weight excluding hydrogens is 177 g/mol. The van der Waals surface area contributed by atoms with Crippen LogP contribution in [0.1, 0.15) is 0 Å². The molecule has 0 aliphatic rings. The molecular formula is C7H4FN3S. The third-order valence-corrected chi connectivity index (χ3v) is 2.02. The minimum Gasteiger partial charge on any atom is -0.254 e. The molecule has 2 aromatic rings. The van der Waals surface area contributed by atoms with E-state index in [1.807, 2.05) is 6.07 Å². The first-order valence-corrected chi connectivity index (χ1v) is 4.08. The smallest absolute Gasteiger partial charge is 0.254 e. The Morgan fingerprint density at radius 3 is 2.75 bits per heavy atom. The summed E-state index contributed by atoms with van der Waals surface area (Å²) in [5.41, 5.74) is 0.652. The number of aromatic nitrogens is 3. The summed E-state index contributed by atoms with van der Waals surface area (Å²) in [6, 6.07) is 5.38. The predicted molar refractivity (Wildman–Crippen MR) is 43.1 cm³/mol. The fourth-order valence-corrected chi connectivity index (χ4v) is 1.35. The lowest BCUT2D eigenvalue weighted by Gasteiger charge is -1.89. The maximum atomic E-state index is 12.4. The Morgan fingerprint density at radius 1 is 1.25 bits per heavy atom. The average molecular weight is 181 g/mol. The van der Waals surface area contributed by atoms with Crippen molar-refractivity contribution in [2.75, 3.05) is 0 Å². The van der Waals surface area contributed by atoms with E-state index in [1.165, 1.54) is 0 Å². The Balaban J connectivity index is 2.45. The minimum atomic E-state index is -0.532. The van der Waals surface area contributed by atoms with Gasteiger partial charge in [0.25, 0.3) is 5.26 Å². The summed E-state index contributed by atoms with van der Waals surface area (Å²) in [5.74, 6) is 0. The third kappa shape index (κ3) is 1.31. The van der Waals surface area contributed by atoms with Crippen LogP contribution in [0.3, 0.4) is 0 Å². The summed E-state index contributed by atoms with van der Waals surface area (Å²) in [6.07, 6.45) is 1.63. The second-order valence-electron chi connectivity index (χ2n) is 2.08.